The quantitative estimate of drug-likeness (QED) is 0.778. The predicted molar refractivity (Wildman–Crippen MR) is 68.5 cm³/mol. The second-order valence-corrected chi connectivity index (χ2v) is 5.60. The number of carbonyl (C=O) groups excluding carboxylic acids is 1. The number of rotatable bonds is 4. The molecule has 15 heavy (non-hydrogen) atoms. The van der Waals surface area contributed by atoms with Gasteiger partial charge < -0.3 is 4.90 Å². The Balaban J connectivity index is 2.68. The van der Waals surface area contributed by atoms with E-state index in [1.54, 1.807) is 16.2 Å². The van der Waals surface area contributed by atoms with Gasteiger partial charge in [-0.3, -0.25) is 4.79 Å². The zero-order valence-electron chi connectivity index (χ0n) is 9.24. The van der Waals surface area contributed by atoms with Gasteiger partial charge in [0.05, 0.1) is 10.9 Å². The van der Waals surface area contributed by atoms with Crippen LogP contribution in [0, 0.1) is 0 Å². The van der Waals surface area contributed by atoms with Crippen LogP contribution >= 0.6 is 27.3 Å². The fourth-order valence-electron chi connectivity index (χ4n) is 1.31. The largest absolute Gasteiger partial charge is 0.337 e. The Morgan fingerprint density at radius 3 is 2.80 bits per heavy atom. The van der Waals surface area contributed by atoms with E-state index in [-0.39, 0.29) is 16.8 Å². The Hall–Kier alpha value is -0.350. The first-order chi connectivity index (χ1) is 7.07. The van der Waals surface area contributed by atoms with Gasteiger partial charge in [0.1, 0.15) is 0 Å². The van der Waals surface area contributed by atoms with Crippen LogP contribution < -0.4 is 0 Å². The lowest BCUT2D eigenvalue weighted by molar-refractivity contribution is -0.131. The van der Waals surface area contributed by atoms with Crippen molar-refractivity contribution >= 4 is 33.2 Å². The number of carbonyl (C=O) groups is 1. The summed E-state index contributed by atoms with van der Waals surface area (Å²) in [6, 6.07) is 4.23. The van der Waals surface area contributed by atoms with Crippen molar-refractivity contribution in [3.8, 4) is 0 Å². The lowest BCUT2D eigenvalue weighted by Gasteiger charge is -2.26. The molecule has 2 unspecified atom stereocenters. The van der Waals surface area contributed by atoms with E-state index in [2.05, 4.69) is 28.9 Å². The minimum absolute atomic E-state index is 0.0649. The van der Waals surface area contributed by atoms with Crippen molar-refractivity contribution in [3.63, 3.8) is 0 Å². The van der Waals surface area contributed by atoms with Crippen molar-refractivity contribution < 1.29 is 4.79 Å². The number of halogens is 1. The molecule has 2 atom stereocenters. The molecule has 1 aromatic heterocycles. The van der Waals surface area contributed by atoms with Crippen LogP contribution in [0.5, 0.6) is 0 Å². The Morgan fingerprint density at radius 1 is 1.67 bits per heavy atom. The van der Waals surface area contributed by atoms with Gasteiger partial charge in [-0.05, 0) is 24.8 Å². The summed E-state index contributed by atoms with van der Waals surface area (Å²) in [5.41, 5.74) is 0. The maximum Gasteiger partial charge on any atom is 0.236 e. The van der Waals surface area contributed by atoms with E-state index < -0.39 is 0 Å². The second-order valence-electron chi connectivity index (χ2n) is 3.52. The van der Waals surface area contributed by atoms with E-state index in [0.717, 1.165) is 6.42 Å². The lowest BCUT2D eigenvalue weighted by atomic mass is 10.2. The van der Waals surface area contributed by atoms with Crippen LogP contribution in [0.1, 0.15) is 31.2 Å². The van der Waals surface area contributed by atoms with Crippen LogP contribution in [0.3, 0.4) is 0 Å². The highest BCUT2D eigenvalue weighted by atomic mass is 79.9. The highest BCUT2D eigenvalue weighted by Gasteiger charge is 2.22. The molecular weight excluding hydrogens is 274 g/mol. The minimum atomic E-state index is -0.0649. The molecule has 0 radical (unpaired) electrons. The summed E-state index contributed by atoms with van der Waals surface area (Å²) in [6.07, 6.45) is 0.820. The molecule has 0 aromatic carbocycles. The smallest absolute Gasteiger partial charge is 0.236 e. The number of hydrogen-bond donors (Lipinski definition) is 0. The number of thiophene rings is 1. The summed E-state index contributed by atoms with van der Waals surface area (Å²) in [5, 5.41) is 2.04. The van der Waals surface area contributed by atoms with Gasteiger partial charge in [-0.1, -0.05) is 28.9 Å². The molecule has 1 amide bonds. The van der Waals surface area contributed by atoms with Crippen LogP contribution in [0.25, 0.3) is 0 Å². The predicted octanol–water partition coefficient (Wildman–Crippen LogP) is 3.44. The second kappa shape index (κ2) is 5.66. The summed E-state index contributed by atoms with van der Waals surface area (Å²) < 4.78 is 0. The molecule has 0 aliphatic heterocycles. The van der Waals surface area contributed by atoms with Crippen molar-refractivity contribution in [1.29, 1.82) is 0 Å². The average molecular weight is 290 g/mol. The molecule has 0 saturated heterocycles. The van der Waals surface area contributed by atoms with Crippen LogP contribution in [0.2, 0.25) is 0 Å². The van der Waals surface area contributed by atoms with Gasteiger partial charge in [0.15, 0.2) is 0 Å². The lowest BCUT2D eigenvalue weighted by Crippen LogP contribution is -2.34. The van der Waals surface area contributed by atoms with Crippen LogP contribution in [-0.2, 0) is 4.79 Å². The van der Waals surface area contributed by atoms with Gasteiger partial charge in [-0.25, -0.2) is 0 Å². The van der Waals surface area contributed by atoms with Crippen molar-refractivity contribution in [3.05, 3.63) is 22.4 Å². The number of amides is 1. The first-order valence-electron chi connectivity index (χ1n) is 5.02. The van der Waals surface area contributed by atoms with E-state index in [4.69, 9.17) is 0 Å². The van der Waals surface area contributed by atoms with E-state index >= 15 is 0 Å². The highest BCUT2D eigenvalue weighted by molar-refractivity contribution is 9.10. The molecule has 4 heteroatoms. The molecule has 1 aromatic rings. The van der Waals surface area contributed by atoms with Gasteiger partial charge in [0.25, 0.3) is 0 Å². The summed E-state index contributed by atoms with van der Waals surface area (Å²) >= 11 is 5.07. The minimum Gasteiger partial charge on any atom is -0.337 e. The molecule has 0 saturated carbocycles. The van der Waals surface area contributed by atoms with Crippen molar-refractivity contribution in [1.82, 2.24) is 4.90 Å². The number of alkyl halides is 1. The topological polar surface area (TPSA) is 20.3 Å². The average Bonchev–Trinajstić information content (AvgIpc) is 2.78. The van der Waals surface area contributed by atoms with Crippen LogP contribution in [0.15, 0.2) is 17.5 Å². The summed E-state index contributed by atoms with van der Waals surface area (Å²) in [4.78, 5) is 14.9. The van der Waals surface area contributed by atoms with E-state index in [1.165, 1.54) is 4.88 Å². The van der Waals surface area contributed by atoms with E-state index in [1.807, 2.05) is 25.4 Å². The summed E-state index contributed by atoms with van der Waals surface area (Å²) in [5.74, 6) is 0.151. The standard InChI is InChI=1S/C11H16BrNOS/c1-4-9(12)11(14)13(3)8(2)10-6-5-7-15-10/h5-9H,4H2,1-3H3. The first-order valence-corrected chi connectivity index (χ1v) is 6.81. The molecule has 1 rings (SSSR count). The monoisotopic (exact) mass is 289 g/mol. The zero-order chi connectivity index (χ0) is 11.4. The van der Waals surface area contributed by atoms with Gasteiger partial charge in [0.2, 0.25) is 5.91 Å². The molecule has 1 heterocycles. The Morgan fingerprint density at radius 2 is 2.33 bits per heavy atom. The number of hydrogen-bond acceptors (Lipinski definition) is 2. The van der Waals surface area contributed by atoms with Gasteiger partial charge in [0, 0.05) is 11.9 Å². The van der Waals surface area contributed by atoms with Crippen molar-refractivity contribution in [2.75, 3.05) is 7.05 Å². The fraction of sp³-hybridized carbons (Fsp3) is 0.545. The molecule has 2 nitrogen and oxygen atoms in total. The maximum absolute atomic E-state index is 11.9. The van der Waals surface area contributed by atoms with E-state index in [0.29, 0.717) is 0 Å². The van der Waals surface area contributed by atoms with Gasteiger partial charge in [-0.2, -0.15) is 0 Å². The van der Waals surface area contributed by atoms with Crippen molar-refractivity contribution in [2.24, 2.45) is 0 Å². The molecule has 0 N–H and O–H groups in total. The molecule has 0 fully saturated rings. The fourth-order valence-corrected chi connectivity index (χ4v) is 2.46. The summed E-state index contributed by atoms with van der Waals surface area (Å²) in [7, 11) is 1.86. The van der Waals surface area contributed by atoms with E-state index in [9.17, 15) is 4.79 Å². The molecule has 0 aliphatic carbocycles. The van der Waals surface area contributed by atoms with Crippen LogP contribution in [0.4, 0.5) is 0 Å². The number of nitrogens with zero attached hydrogens (tertiary/aromatic N) is 1. The molecule has 0 bridgehead atoms. The molecular formula is C11H16BrNOS. The third-order valence-corrected chi connectivity index (χ3v) is 4.59. The molecule has 84 valence electrons. The Kier molecular flexibility index (Phi) is 4.80. The third-order valence-electron chi connectivity index (χ3n) is 2.51. The first kappa shape index (κ1) is 12.7. The SMILES string of the molecule is CCC(Br)C(=O)N(C)C(C)c1cccs1. The van der Waals surface area contributed by atoms with Gasteiger partial charge >= 0.3 is 0 Å². The normalized spacial score (nSPS) is 14.7. The van der Waals surface area contributed by atoms with Crippen molar-refractivity contribution in [2.45, 2.75) is 31.1 Å². The van der Waals surface area contributed by atoms with Gasteiger partial charge in [-0.15, -0.1) is 11.3 Å². The molecule has 0 spiro atoms. The Bertz CT molecular complexity index is 312. The molecule has 0 aliphatic rings. The third kappa shape index (κ3) is 3.05. The zero-order valence-corrected chi connectivity index (χ0v) is 11.6. The maximum atomic E-state index is 11.9. The Labute approximate surface area is 103 Å². The summed E-state index contributed by atoms with van der Waals surface area (Å²) in [6.45, 7) is 4.06. The highest BCUT2D eigenvalue weighted by Crippen LogP contribution is 2.25. The van der Waals surface area contributed by atoms with Crippen LogP contribution in [-0.4, -0.2) is 22.7 Å².